The van der Waals surface area contributed by atoms with E-state index in [2.05, 4.69) is 35.7 Å². The molecule has 1 N–H and O–H groups in total. The van der Waals surface area contributed by atoms with Crippen molar-refractivity contribution in [2.75, 3.05) is 0 Å². The van der Waals surface area contributed by atoms with Gasteiger partial charge in [-0.05, 0) is 36.1 Å². The van der Waals surface area contributed by atoms with E-state index in [0.29, 0.717) is 23.5 Å². The summed E-state index contributed by atoms with van der Waals surface area (Å²) in [5.41, 5.74) is 6.04. The van der Waals surface area contributed by atoms with Crippen molar-refractivity contribution in [3.05, 3.63) is 82.6 Å². The summed E-state index contributed by atoms with van der Waals surface area (Å²) in [6, 6.07) is 17.8. The number of aryl methyl sites for hydroxylation is 2. The smallest absolute Gasteiger partial charge is 0.324 e. The summed E-state index contributed by atoms with van der Waals surface area (Å²) in [7, 11) is 0. The van der Waals surface area contributed by atoms with Crippen LogP contribution in [0.3, 0.4) is 0 Å². The Morgan fingerprint density at radius 3 is 2.58 bits per heavy atom. The maximum atomic E-state index is 11.4. The van der Waals surface area contributed by atoms with Gasteiger partial charge in [-0.2, -0.15) is 22.4 Å². The predicted molar refractivity (Wildman–Crippen MR) is 128 cm³/mol. The van der Waals surface area contributed by atoms with Crippen molar-refractivity contribution in [1.29, 1.82) is 5.26 Å². The van der Waals surface area contributed by atoms with Crippen molar-refractivity contribution >= 4 is 24.2 Å². The number of aliphatic carboxylic acids is 1. The first-order valence-corrected chi connectivity index (χ1v) is 11.2. The average molecular weight is 458 g/mol. The highest BCUT2D eigenvalue weighted by atomic mass is 32.1. The fraction of sp³-hybridized carbons (Fsp3) is 0.240. The van der Waals surface area contributed by atoms with Crippen molar-refractivity contribution in [3.63, 3.8) is 0 Å². The molecule has 8 heteroatoms. The van der Waals surface area contributed by atoms with Gasteiger partial charge in [0, 0.05) is 17.7 Å². The maximum Gasteiger partial charge on any atom is 0.324 e. The quantitative estimate of drug-likeness (QED) is 0.394. The molecule has 33 heavy (non-hydrogen) atoms. The summed E-state index contributed by atoms with van der Waals surface area (Å²) in [4.78, 5) is 20.7. The van der Waals surface area contributed by atoms with Gasteiger partial charge in [0.05, 0.1) is 11.6 Å². The Morgan fingerprint density at radius 1 is 1.18 bits per heavy atom. The molecule has 1 atom stereocenters. The molecule has 0 bridgehead atoms. The topological polar surface area (TPSA) is 104 Å². The van der Waals surface area contributed by atoms with Crippen molar-refractivity contribution in [2.24, 2.45) is 0 Å². The van der Waals surface area contributed by atoms with E-state index in [1.54, 1.807) is 4.52 Å². The number of nitrogens with zero attached hydrogens (tertiary/aromatic N) is 5. The molecule has 0 radical (unpaired) electrons. The van der Waals surface area contributed by atoms with E-state index in [4.69, 9.17) is 4.98 Å². The van der Waals surface area contributed by atoms with Crippen LogP contribution in [0.2, 0.25) is 0 Å². The Morgan fingerprint density at radius 2 is 1.91 bits per heavy atom. The van der Waals surface area contributed by atoms with Gasteiger partial charge in [0.25, 0.3) is 0 Å². The van der Waals surface area contributed by atoms with E-state index in [1.807, 2.05) is 55.5 Å². The number of nitriles is 1. The second kappa shape index (κ2) is 9.43. The lowest BCUT2D eigenvalue weighted by atomic mass is 9.97. The standard InChI is InChI=1S/C25H23N5O2S/c1-3-6-21-20(24-28-23(22(33)25(31)32)29-30(24)15(2)27-21)13-16-9-11-17(12-10-16)19-8-5-4-7-18(19)14-26/h4-5,7-12,22,33H,3,6,13H2,1-2H3,(H,31,32). The van der Waals surface area contributed by atoms with Crippen LogP contribution < -0.4 is 0 Å². The molecule has 0 aliphatic rings. The van der Waals surface area contributed by atoms with Gasteiger partial charge in [-0.3, -0.25) is 4.79 Å². The van der Waals surface area contributed by atoms with Gasteiger partial charge in [-0.15, -0.1) is 5.10 Å². The van der Waals surface area contributed by atoms with E-state index >= 15 is 0 Å². The molecule has 0 amide bonds. The third kappa shape index (κ3) is 4.45. The summed E-state index contributed by atoms with van der Waals surface area (Å²) < 4.78 is 1.60. The van der Waals surface area contributed by atoms with Crippen LogP contribution in [0, 0.1) is 18.3 Å². The number of hydrogen-bond acceptors (Lipinski definition) is 6. The lowest BCUT2D eigenvalue weighted by Crippen LogP contribution is -2.09. The molecule has 7 nitrogen and oxygen atoms in total. The van der Waals surface area contributed by atoms with E-state index in [-0.39, 0.29) is 5.82 Å². The van der Waals surface area contributed by atoms with Gasteiger partial charge in [0.15, 0.2) is 16.7 Å². The Balaban J connectivity index is 1.76. The minimum Gasteiger partial charge on any atom is -0.480 e. The number of rotatable bonds is 7. The fourth-order valence-electron chi connectivity index (χ4n) is 3.88. The van der Waals surface area contributed by atoms with Gasteiger partial charge in [0.1, 0.15) is 5.82 Å². The normalized spacial score (nSPS) is 11.9. The lowest BCUT2D eigenvalue weighted by Gasteiger charge is -2.12. The number of carboxylic acids is 1. The van der Waals surface area contributed by atoms with Crippen LogP contribution >= 0.6 is 12.6 Å². The molecule has 1 unspecified atom stereocenters. The van der Waals surface area contributed by atoms with Crippen LogP contribution in [0.5, 0.6) is 0 Å². The van der Waals surface area contributed by atoms with E-state index < -0.39 is 11.2 Å². The first-order valence-electron chi connectivity index (χ1n) is 10.7. The summed E-state index contributed by atoms with van der Waals surface area (Å²) in [5.74, 6) is -0.289. The molecule has 0 aliphatic carbocycles. The third-order valence-corrected chi connectivity index (χ3v) is 5.96. The lowest BCUT2D eigenvalue weighted by molar-refractivity contribution is -0.136. The van der Waals surface area contributed by atoms with Crippen LogP contribution in [0.25, 0.3) is 16.8 Å². The Bertz CT molecular complexity index is 1370. The van der Waals surface area contributed by atoms with Crippen LogP contribution in [-0.4, -0.2) is 30.7 Å². The summed E-state index contributed by atoms with van der Waals surface area (Å²) in [6.07, 6.45) is 2.28. The highest BCUT2D eigenvalue weighted by molar-refractivity contribution is 7.81. The van der Waals surface area contributed by atoms with Gasteiger partial charge < -0.3 is 5.11 Å². The maximum absolute atomic E-state index is 11.4. The molecule has 0 saturated carbocycles. The summed E-state index contributed by atoms with van der Waals surface area (Å²) in [6.45, 7) is 3.93. The Hall–Kier alpha value is -3.70. The molecule has 2 aromatic carbocycles. The number of hydrogen-bond donors (Lipinski definition) is 2. The predicted octanol–water partition coefficient (Wildman–Crippen LogP) is 4.57. The highest BCUT2D eigenvalue weighted by Gasteiger charge is 2.23. The zero-order valence-electron chi connectivity index (χ0n) is 18.4. The van der Waals surface area contributed by atoms with Crippen molar-refractivity contribution in [1.82, 2.24) is 19.6 Å². The Kier molecular flexibility index (Phi) is 6.43. The molecule has 0 spiro atoms. The minimum atomic E-state index is -1.11. The summed E-state index contributed by atoms with van der Waals surface area (Å²) in [5, 5.41) is 22.0. The highest BCUT2D eigenvalue weighted by Crippen LogP contribution is 2.27. The molecule has 2 heterocycles. The van der Waals surface area contributed by atoms with Crippen LogP contribution in [0.4, 0.5) is 0 Å². The molecular formula is C25H23N5O2S. The van der Waals surface area contributed by atoms with E-state index in [9.17, 15) is 15.2 Å². The number of carbonyl (C=O) groups is 1. The zero-order valence-corrected chi connectivity index (χ0v) is 19.3. The van der Waals surface area contributed by atoms with Crippen LogP contribution in [0.15, 0.2) is 48.5 Å². The fourth-order valence-corrected chi connectivity index (χ4v) is 3.99. The van der Waals surface area contributed by atoms with Crippen molar-refractivity contribution in [2.45, 2.75) is 38.4 Å². The molecule has 2 aromatic heterocycles. The molecule has 0 aliphatic heterocycles. The number of benzene rings is 2. The second-order valence-electron chi connectivity index (χ2n) is 7.81. The largest absolute Gasteiger partial charge is 0.480 e. The number of aromatic nitrogens is 4. The average Bonchev–Trinajstić information content (AvgIpc) is 3.27. The van der Waals surface area contributed by atoms with Gasteiger partial charge in [-0.1, -0.05) is 55.8 Å². The van der Waals surface area contributed by atoms with Crippen molar-refractivity contribution < 1.29 is 9.90 Å². The molecule has 4 aromatic rings. The van der Waals surface area contributed by atoms with Gasteiger partial charge in [0.2, 0.25) is 0 Å². The van der Waals surface area contributed by atoms with Crippen LogP contribution in [-0.2, 0) is 17.6 Å². The van der Waals surface area contributed by atoms with Crippen LogP contribution in [0.1, 0.15) is 52.6 Å². The number of fused-ring (bicyclic) bond motifs is 1. The zero-order chi connectivity index (χ0) is 23.5. The molecule has 0 fully saturated rings. The third-order valence-electron chi connectivity index (χ3n) is 5.50. The monoisotopic (exact) mass is 457 g/mol. The molecule has 166 valence electrons. The molecular weight excluding hydrogens is 434 g/mol. The minimum absolute atomic E-state index is 0.147. The number of carboxylic acid groups (broad SMARTS) is 1. The first-order chi connectivity index (χ1) is 15.9. The summed E-state index contributed by atoms with van der Waals surface area (Å²) >= 11 is 4.14. The van der Waals surface area contributed by atoms with Gasteiger partial charge >= 0.3 is 5.97 Å². The SMILES string of the molecule is CCCc1nc(C)n2nc(C(S)C(=O)O)nc2c1Cc1ccc(-c2ccccc2C#N)cc1. The van der Waals surface area contributed by atoms with E-state index in [0.717, 1.165) is 40.8 Å². The molecule has 0 saturated heterocycles. The number of thiol groups is 1. The van der Waals surface area contributed by atoms with E-state index in [1.165, 1.54) is 0 Å². The second-order valence-corrected chi connectivity index (χ2v) is 8.33. The first kappa shape index (κ1) is 22.5. The van der Waals surface area contributed by atoms with Crippen molar-refractivity contribution in [3.8, 4) is 17.2 Å². The Labute approximate surface area is 197 Å². The molecule has 4 rings (SSSR count). The van der Waals surface area contributed by atoms with Gasteiger partial charge in [-0.25, -0.2) is 9.97 Å².